The van der Waals surface area contributed by atoms with Crippen LogP contribution in [0.15, 0.2) is 23.1 Å². The molecule has 8 heteroatoms. The highest BCUT2D eigenvalue weighted by atomic mass is 35.5. The van der Waals surface area contributed by atoms with Crippen LogP contribution in [0.1, 0.15) is 0 Å². The molecule has 1 N–H and O–H groups in total. The molecule has 0 radical (unpaired) electrons. The van der Waals surface area contributed by atoms with Crippen molar-refractivity contribution in [3.63, 3.8) is 0 Å². The molecule has 0 atom stereocenters. The minimum Gasteiger partial charge on any atom is -0.416 e. The topological polar surface area (TPSA) is 59.9 Å². The average Bonchev–Trinajstić information content (AvgIpc) is 2.58. The van der Waals surface area contributed by atoms with Crippen molar-refractivity contribution >= 4 is 11.6 Å². The summed E-state index contributed by atoms with van der Waals surface area (Å²) in [5.74, 6) is -0.229. The lowest BCUT2D eigenvalue weighted by molar-refractivity contribution is -0.0552. The van der Waals surface area contributed by atoms with Crippen molar-refractivity contribution in [2.75, 3.05) is 0 Å². The largest absolute Gasteiger partial charge is 0.416 e. The highest BCUT2D eigenvalue weighted by molar-refractivity contribution is 6.34. The Kier molecular flexibility index (Phi) is 3.33. The van der Waals surface area contributed by atoms with Gasteiger partial charge in [-0.1, -0.05) is 11.6 Å². The van der Waals surface area contributed by atoms with E-state index in [-0.39, 0.29) is 22.2 Å². The van der Waals surface area contributed by atoms with Gasteiger partial charge >= 0.3 is 6.61 Å². The minimum atomic E-state index is -2.98. The van der Waals surface area contributed by atoms with Gasteiger partial charge < -0.3 is 9.72 Å². The monoisotopic (exact) mass is 275 g/mol. The van der Waals surface area contributed by atoms with Crippen LogP contribution in [-0.2, 0) is 7.05 Å². The van der Waals surface area contributed by atoms with Crippen molar-refractivity contribution in [3.05, 3.63) is 33.7 Å². The molecule has 0 bridgehead atoms. The van der Waals surface area contributed by atoms with E-state index in [9.17, 15) is 13.6 Å². The fraction of sp³-hybridized carbons (Fsp3) is 0.200. The summed E-state index contributed by atoms with van der Waals surface area (Å²) in [5, 5.41) is 3.93. The highest BCUT2D eigenvalue weighted by Crippen LogP contribution is 2.34. The van der Waals surface area contributed by atoms with Crippen molar-refractivity contribution in [2.45, 2.75) is 6.61 Å². The van der Waals surface area contributed by atoms with Crippen LogP contribution in [-0.4, -0.2) is 21.4 Å². The van der Waals surface area contributed by atoms with Gasteiger partial charge in [0.1, 0.15) is 10.7 Å². The molecule has 0 saturated carbocycles. The Bertz CT molecular complexity index is 604. The average molecular weight is 276 g/mol. The number of hydrogen-bond acceptors (Lipinski definition) is 3. The van der Waals surface area contributed by atoms with E-state index in [4.69, 9.17) is 11.6 Å². The fourth-order valence-corrected chi connectivity index (χ4v) is 1.75. The van der Waals surface area contributed by atoms with Gasteiger partial charge in [0.2, 0.25) is 11.4 Å². The zero-order valence-corrected chi connectivity index (χ0v) is 9.91. The van der Waals surface area contributed by atoms with Gasteiger partial charge in [-0.15, -0.1) is 0 Å². The molecule has 0 aliphatic carbocycles. The number of halogens is 3. The fourth-order valence-electron chi connectivity index (χ4n) is 1.44. The van der Waals surface area contributed by atoms with Gasteiger partial charge in [-0.3, -0.25) is 4.79 Å². The first kappa shape index (κ1) is 12.6. The van der Waals surface area contributed by atoms with Gasteiger partial charge in [0.25, 0.3) is 0 Å². The lowest BCUT2D eigenvalue weighted by atomic mass is 10.2. The molecule has 96 valence electrons. The maximum atomic E-state index is 12.2. The van der Waals surface area contributed by atoms with E-state index in [1.54, 1.807) is 0 Å². The SMILES string of the molecule is Cn1nc(-c2ccc(=O)[nH]c2)c(Cl)c1OC(F)F. The zero-order chi connectivity index (χ0) is 13.3. The first-order valence-corrected chi connectivity index (χ1v) is 5.23. The standard InChI is InChI=1S/C10H8ClF2N3O2/c1-16-9(18-10(12)13)7(11)8(15-16)5-2-3-6(17)14-4-5/h2-4,10H,1H3,(H,14,17). The lowest BCUT2D eigenvalue weighted by Crippen LogP contribution is -2.06. The Hall–Kier alpha value is -1.89. The van der Waals surface area contributed by atoms with Gasteiger partial charge in [-0.05, 0) is 6.07 Å². The van der Waals surface area contributed by atoms with E-state index in [0.29, 0.717) is 5.56 Å². The van der Waals surface area contributed by atoms with Gasteiger partial charge in [-0.25, -0.2) is 4.68 Å². The Morgan fingerprint density at radius 2 is 2.22 bits per heavy atom. The number of nitrogens with zero attached hydrogens (tertiary/aromatic N) is 2. The van der Waals surface area contributed by atoms with Crippen LogP contribution < -0.4 is 10.3 Å². The van der Waals surface area contributed by atoms with Crippen LogP contribution in [0, 0.1) is 0 Å². The van der Waals surface area contributed by atoms with Crippen molar-refractivity contribution in [2.24, 2.45) is 7.05 Å². The quantitative estimate of drug-likeness (QED) is 0.932. The highest BCUT2D eigenvalue weighted by Gasteiger charge is 2.20. The number of alkyl halides is 2. The second-order valence-electron chi connectivity index (χ2n) is 3.41. The minimum absolute atomic E-state index is 0.0372. The molecular formula is C10H8ClF2N3O2. The Morgan fingerprint density at radius 3 is 2.78 bits per heavy atom. The summed E-state index contributed by atoms with van der Waals surface area (Å²) in [7, 11) is 1.43. The smallest absolute Gasteiger partial charge is 0.388 e. The third-order valence-electron chi connectivity index (χ3n) is 2.20. The second-order valence-corrected chi connectivity index (χ2v) is 3.79. The number of hydrogen-bond donors (Lipinski definition) is 1. The number of rotatable bonds is 3. The van der Waals surface area contributed by atoms with E-state index in [1.165, 1.54) is 25.4 Å². The van der Waals surface area contributed by atoms with E-state index < -0.39 is 6.61 Å². The third-order valence-corrected chi connectivity index (χ3v) is 2.54. The molecule has 0 saturated heterocycles. The molecule has 2 aromatic heterocycles. The third kappa shape index (κ3) is 2.35. The maximum absolute atomic E-state index is 12.2. The molecule has 0 aromatic carbocycles. The molecule has 2 rings (SSSR count). The lowest BCUT2D eigenvalue weighted by Gasteiger charge is -2.03. The zero-order valence-electron chi connectivity index (χ0n) is 9.15. The van der Waals surface area contributed by atoms with E-state index >= 15 is 0 Å². The predicted molar refractivity (Wildman–Crippen MR) is 60.9 cm³/mol. The van der Waals surface area contributed by atoms with Crippen LogP contribution >= 0.6 is 11.6 Å². The van der Waals surface area contributed by atoms with Crippen molar-refractivity contribution < 1.29 is 13.5 Å². The van der Waals surface area contributed by atoms with Crippen LogP contribution in [0.3, 0.4) is 0 Å². The first-order chi connectivity index (χ1) is 8.49. The molecule has 2 heterocycles. The number of aryl methyl sites for hydroxylation is 1. The van der Waals surface area contributed by atoms with Gasteiger partial charge in [0, 0.05) is 24.9 Å². The van der Waals surface area contributed by atoms with E-state index in [1.807, 2.05) is 0 Å². The molecule has 2 aromatic rings. The maximum Gasteiger partial charge on any atom is 0.388 e. The van der Waals surface area contributed by atoms with Crippen LogP contribution in [0.4, 0.5) is 8.78 Å². The molecule has 0 unspecified atom stereocenters. The van der Waals surface area contributed by atoms with Gasteiger partial charge in [0.15, 0.2) is 0 Å². The van der Waals surface area contributed by atoms with E-state index in [2.05, 4.69) is 14.8 Å². The summed E-state index contributed by atoms with van der Waals surface area (Å²) in [5.41, 5.74) is 0.472. The molecule has 0 fully saturated rings. The number of nitrogens with one attached hydrogen (secondary N) is 1. The van der Waals surface area contributed by atoms with Crippen molar-refractivity contribution in [3.8, 4) is 17.1 Å². The van der Waals surface area contributed by atoms with Gasteiger partial charge in [-0.2, -0.15) is 13.9 Å². The number of pyridine rings is 1. The molecule has 5 nitrogen and oxygen atoms in total. The molecule has 0 amide bonds. The first-order valence-electron chi connectivity index (χ1n) is 4.85. The molecule has 18 heavy (non-hydrogen) atoms. The summed E-state index contributed by atoms with van der Waals surface area (Å²) in [4.78, 5) is 13.4. The normalized spacial score (nSPS) is 10.9. The summed E-state index contributed by atoms with van der Waals surface area (Å²) < 4.78 is 29.7. The number of H-pyrrole nitrogens is 1. The summed E-state index contributed by atoms with van der Waals surface area (Å²) >= 11 is 5.91. The van der Waals surface area contributed by atoms with E-state index in [0.717, 1.165) is 4.68 Å². The Balaban J connectivity index is 2.46. The molecule has 0 aliphatic rings. The molecular weight excluding hydrogens is 268 g/mol. The van der Waals surface area contributed by atoms with Crippen molar-refractivity contribution in [1.82, 2.24) is 14.8 Å². The number of aromatic nitrogens is 3. The Morgan fingerprint density at radius 1 is 1.50 bits per heavy atom. The van der Waals surface area contributed by atoms with Crippen LogP contribution in [0.5, 0.6) is 5.88 Å². The summed E-state index contributed by atoms with van der Waals surface area (Å²) in [6.07, 6.45) is 1.39. The number of aromatic amines is 1. The van der Waals surface area contributed by atoms with Crippen LogP contribution in [0.2, 0.25) is 5.02 Å². The summed E-state index contributed by atoms with van der Waals surface area (Å²) in [6.45, 7) is -2.98. The molecule has 0 spiro atoms. The van der Waals surface area contributed by atoms with Crippen LogP contribution in [0.25, 0.3) is 11.3 Å². The number of ether oxygens (including phenoxy) is 1. The second kappa shape index (κ2) is 4.77. The summed E-state index contributed by atoms with van der Waals surface area (Å²) in [6, 6.07) is 2.77. The predicted octanol–water partition coefficient (Wildman–Crippen LogP) is 2.03. The van der Waals surface area contributed by atoms with Gasteiger partial charge in [0.05, 0.1) is 0 Å². The van der Waals surface area contributed by atoms with Crippen molar-refractivity contribution in [1.29, 1.82) is 0 Å². The molecule has 0 aliphatic heterocycles. The Labute approximate surface area is 105 Å².